The van der Waals surface area contributed by atoms with Crippen LogP contribution in [-0.4, -0.2) is 66.2 Å². The summed E-state index contributed by atoms with van der Waals surface area (Å²) in [6.07, 6.45) is 4.92. The fraction of sp³-hybridized carbons (Fsp3) is 0.522. The van der Waals surface area contributed by atoms with E-state index in [1.165, 1.54) is 4.68 Å². The number of hydrogen-bond acceptors (Lipinski definition) is 6. The third-order valence-electron chi connectivity index (χ3n) is 5.77. The van der Waals surface area contributed by atoms with Crippen molar-refractivity contribution in [3.8, 4) is 11.5 Å². The highest BCUT2D eigenvalue weighted by molar-refractivity contribution is 5.92. The minimum atomic E-state index is -0.101. The summed E-state index contributed by atoms with van der Waals surface area (Å²) < 4.78 is 18.8. The number of likely N-dealkylation sites (tertiary alicyclic amines) is 1. The summed E-state index contributed by atoms with van der Waals surface area (Å²) in [5, 5.41) is 4.57. The highest BCUT2D eigenvalue weighted by Gasteiger charge is 2.27. The van der Waals surface area contributed by atoms with Crippen LogP contribution in [0.25, 0.3) is 6.08 Å². The van der Waals surface area contributed by atoms with Crippen molar-refractivity contribution in [2.45, 2.75) is 38.8 Å². The van der Waals surface area contributed by atoms with Gasteiger partial charge in [-0.05, 0) is 43.5 Å². The third kappa shape index (κ3) is 5.21. The van der Waals surface area contributed by atoms with Crippen molar-refractivity contribution in [1.29, 1.82) is 0 Å². The summed E-state index contributed by atoms with van der Waals surface area (Å²) in [7, 11) is 4.78. The zero-order valence-corrected chi connectivity index (χ0v) is 19.2. The predicted molar refractivity (Wildman–Crippen MR) is 121 cm³/mol. The number of rotatable bonds is 9. The van der Waals surface area contributed by atoms with Crippen LogP contribution in [0, 0.1) is 0 Å². The molecule has 9 heteroatoms. The first kappa shape index (κ1) is 23.6. The SMILES string of the molecule is CCn1c(C2CCN(C(=O)/C=C/c3ccc(OC)c(OC)c3)CC2)nn(CCOC)c1=O. The molecule has 0 aliphatic carbocycles. The molecule has 1 aromatic carbocycles. The molecule has 174 valence electrons. The molecule has 1 amide bonds. The summed E-state index contributed by atoms with van der Waals surface area (Å²) in [5.74, 6) is 2.20. The van der Waals surface area contributed by atoms with Crippen LogP contribution in [0.5, 0.6) is 11.5 Å². The minimum Gasteiger partial charge on any atom is -0.493 e. The van der Waals surface area contributed by atoms with Crippen molar-refractivity contribution < 1.29 is 19.0 Å². The van der Waals surface area contributed by atoms with Gasteiger partial charge in [0.15, 0.2) is 11.5 Å². The maximum Gasteiger partial charge on any atom is 0.345 e. The maximum atomic E-state index is 12.7. The Balaban J connectivity index is 1.63. The Bertz CT molecular complexity index is 1000. The number of carbonyl (C=O) groups excluding carboxylic acids is 1. The lowest BCUT2D eigenvalue weighted by Gasteiger charge is -2.30. The van der Waals surface area contributed by atoms with Crippen LogP contribution in [-0.2, 0) is 22.6 Å². The predicted octanol–water partition coefficient (Wildman–Crippen LogP) is 2.15. The smallest absolute Gasteiger partial charge is 0.345 e. The standard InChI is InChI=1S/C23H32N4O5/c1-5-26-22(24-27(23(26)29)14-15-30-2)18-10-12-25(13-11-18)21(28)9-7-17-6-8-19(31-3)20(16-17)32-4/h6-9,16,18H,5,10-15H2,1-4H3/b9-7+. The van der Waals surface area contributed by atoms with E-state index in [2.05, 4.69) is 5.10 Å². The molecule has 0 unspecified atom stereocenters. The summed E-state index contributed by atoms with van der Waals surface area (Å²) in [6, 6.07) is 5.52. The van der Waals surface area contributed by atoms with Gasteiger partial charge in [-0.25, -0.2) is 9.48 Å². The van der Waals surface area contributed by atoms with Crippen LogP contribution >= 0.6 is 0 Å². The van der Waals surface area contributed by atoms with Gasteiger partial charge in [0.1, 0.15) is 5.82 Å². The summed E-state index contributed by atoms with van der Waals surface area (Å²) in [6.45, 7) is 4.66. The number of carbonyl (C=O) groups is 1. The quantitative estimate of drug-likeness (QED) is 0.551. The molecule has 0 saturated carbocycles. The van der Waals surface area contributed by atoms with E-state index in [0.29, 0.717) is 44.3 Å². The topological polar surface area (TPSA) is 87.8 Å². The molecule has 1 aliphatic rings. The first-order valence-electron chi connectivity index (χ1n) is 10.9. The molecule has 0 atom stereocenters. The Hall–Kier alpha value is -3.07. The molecule has 0 radical (unpaired) electrons. The van der Waals surface area contributed by atoms with Gasteiger partial charge in [0.25, 0.3) is 0 Å². The van der Waals surface area contributed by atoms with Gasteiger partial charge in [0.2, 0.25) is 5.91 Å². The van der Waals surface area contributed by atoms with E-state index in [0.717, 1.165) is 24.2 Å². The van der Waals surface area contributed by atoms with Crippen LogP contribution in [0.15, 0.2) is 29.1 Å². The second kappa shape index (κ2) is 11.0. The van der Waals surface area contributed by atoms with Gasteiger partial charge >= 0.3 is 5.69 Å². The van der Waals surface area contributed by atoms with E-state index in [1.807, 2.05) is 30.0 Å². The second-order valence-corrected chi connectivity index (χ2v) is 7.65. The van der Waals surface area contributed by atoms with Crippen molar-refractivity contribution >= 4 is 12.0 Å². The third-order valence-corrected chi connectivity index (χ3v) is 5.77. The minimum absolute atomic E-state index is 0.0308. The molecule has 1 aromatic heterocycles. The molecule has 32 heavy (non-hydrogen) atoms. The molecule has 0 N–H and O–H groups in total. The zero-order valence-electron chi connectivity index (χ0n) is 19.2. The first-order chi connectivity index (χ1) is 15.5. The maximum absolute atomic E-state index is 12.7. The zero-order chi connectivity index (χ0) is 23.1. The van der Waals surface area contributed by atoms with Gasteiger partial charge in [-0.3, -0.25) is 9.36 Å². The highest BCUT2D eigenvalue weighted by Crippen LogP contribution is 2.29. The molecule has 1 aliphatic heterocycles. The van der Waals surface area contributed by atoms with Gasteiger partial charge in [-0.1, -0.05) is 6.07 Å². The fourth-order valence-corrected chi connectivity index (χ4v) is 3.97. The van der Waals surface area contributed by atoms with Crippen molar-refractivity contribution in [1.82, 2.24) is 19.2 Å². The average molecular weight is 445 g/mol. The number of nitrogens with zero attached hydrogens (tertiary/aromatic N) is 4. The summed E-state index contributed by atoms with van der Waals surface area (Å²) >= 11 is 0. The van der Waals surface area contributed by atoms with Gasteiger partial charge in [-0.15, -0.1) is 0 Å². The Kier molecular flexibility index (Phi) is 8.10. The van der Waals surface area contributed by atoms with Crippen molar-refractivity contribution in [3.63, 3.8) is 0 Å². The van der Waals surface area contributed by atoms with Crippen LogP contribution in [0.3, 0.4) is 0 Å². The molecule has 0 spiro atoms. The number of ether oxygens (including phenoxy) is 3. The first-order valence-corrected chi connectivity index (χ1v) is 10.9. The number of methoxy groups -OCH3 is 3. The lowest BCUT2D eigenvalue weighted by atomic mass is 9.95. The molecule has 1 fully saturated rings. The molecule has 9 nitrogen and oxygen atoms in total. The Morgan fingerprint density at radius 1 is 1.16 bits per heavy atom. The number of amides is 1. The second-order valence-electron chi connectivity index (χ2n) is 7.65. The van der Waals surface area contributed by atoms with E-state index >= 15 is 0 Å². The normalized spacial score (nSPS) is 14.8. The number of aromatic nitrogens is 3. The Morgan fingerprint density at radius 3 is 2.50 bits per heavy atom. The van der Waals surface area contributed by atoms with Crippen molar-refractivity contribution in [2.75, 3.05) is 41.0 Å². The summed E-state index contributed by atoms with van der Waals surface area (Å²) in [4.78, 5) is 27.1. The Morgan fingerprint density at radius 2 is 1.88 bits per heavy atom. The van der Waals surface area contributed by atoms with E-state index in [-0.39, 0.29) is 17.5 Å². The molecule has 0 bridgehead atoms. The van der Waals surface area contributed by atoms with Crippen molar-refractivity contribution in [3.05, 3.63) is 46.1 Å². The van der Waals surface area contributed by atoms with Crippen LogP contribution < -0.4 is 15.2 Å². The molecule has 2 aromatic rings. The average Bonchev–Trinajstić information content (AvgIpc) is 3.15. The lowest BCUT2D eigenvalue weighted by molar-refractivity contribution is -0.127. The number of benzene rings is 1. The van der Waals surface area contributed by atoms with Gasteiger partial charge < -0.3 is 19.1 Å². The summed E-state index contributed by atoms with van der Waals surface area (Å²) in [5.41, 5.74) is 0.760. The Labute approximate surface area is 188 Å². The molecule has 2 heterocycles. The van der Waals surface area contributed by atoms with Gasteiger partial charge in [0, 0.05) is 38.7 Å². The molecular formula is C23H32N4O5. The monoisotopic (exact) mass is 444 g/mol. The highest BCUT2D eigenvalue weighted by atomic mass is 16.5. The van der Waals surface area contributed by atoms with E-state index in [4.69, 9.17) is 14.2 Å². The van der Waals surface area contributed by atoms with Crippen LogP contribution in [0.2, 0.25) is 0 Å². The fourth-order valence-electron chi connectivity index (χ4n) is 3.97. The van der Waals surface area contributed by atoms with Gasteiger partial charge in [-0.2, -0.15) is 5.10 Å². The van der Waals surface area contributed by atoms with Crippen LogP contribution in [0.1, 0.15) is 37.1 Å². The molecule has 3 rings (SSSR count). The number of piperidine rings is 1. The van der Waals surface area contributed by atoms with Crippen LogP contribution in [0.4, 0.5) is 0 Å². The van der Waals surface area contributed by atoms with E-state index in [9.17, 15) is 9.59 Å². The van der Waals surface area contributed by atoms with E-state index in [1.54, 1.807) is 38.0 Å². The molecular weight excluding hydrogens is 412 g/mol. The largest absolute Gasteiger partial charge is 0.493 e. The number of hydrogen-bond donors (Lipinski definition) is 0. The molecule has 1 saturated heterocycles. The van der Waals surface area contributed by atoms with Crippen molar-refractivity contribution in [2.24, 2.45) is 0 Å². The lowest BCUT2D eigenvalue weighted by Crippen LogP contribution is -2.37. The van der Waals surface area contributed by atoms with Gasteiger partial charge in [0.05, 0.1) is 27.4 Å². The van der Waals surface area contributed by atoms with E-state index < -0.39 is 0 Å².